The largest absolute Gasteiger partial charge is 0.383 e. The SMILES string of the molecule is CC1CCCCN1C(=O)c1cnn(C)c1N. The normalized spacial score (nSPS) is 21.1. The van der Waals surface area contributed by atoms with Gasteiger partial charge in [-0.3, -0.25) is 9.48 Å². The van der Waals surface area contributed by atoms with Gasteiger partial charge in [0.15, 0.2) is 0 Å². The van der Waals surface area contributed by atoms with Crippen LogP contribution in [-0.2, 0) is 7.05 Å². The van der Waals surface area contributed by atoms with Crippen LogP contribution in [0.2, 0.25) is 0 Å². The van der Waals surface area contributed by atoms with Gasteiger partial charge in [0.05, 0.1) is 6.20 Å². The summed E-state index contributed by atoms with van der Waals surface area (Å²) in [6.45, 7) is 2.91. The molecule has 1 unspecified atom stereocenters. The van der Waals surface area contributed by atoms with Crippen LogP contribution in [0, 0.1) is 0 Å². The Hall–Kier alpha value is -1.52. The molecule has 1 aliphatic rings. The van der Waals surface area contributed by atoms with Crippen LogP contribution in [0.25, 0.3) is 0 Å². The summed E-state index contributed by atoms with van der Waals surface area (Å²) in [5, 5.41) is 4.00. The van der Waals surface area contributed by atoms with Crippen molar-refractivity contribution in [3.05, 3.63) is 11.8 Å². The number of nitrogens with two attached hydrogens (primary N) is 1. The lowest BCUT2D eigenvalue weighted by molar-refractivity contribution is 0.0636. The third-order valence-corrected chi connectivity index (χ3v) is 3.28. The molecule has 1 aliphatic heterocycles. The van der Waals surface area contributed by atoms with Gasteiger partial charge in [0.25, 0.3) is 5.91 Å². The number of piperidine rings is 1. The zero-order valence-electron chi connectivity index (χ0n) is 9.81. The van der Waals surface area contributed by atoms with E-state index in [1.807, 2.05) is 4.90 Å². The molecular formula is C11H18N4O. The van der Waals surface area contributed by atoms with Crippen LogP contribution in [0.5, 0.6) is 0 Å². The maximum absolute atomic E-state index is 12.2. The number of rotatable bonds is 1. The van der Waals surface area contributed by atoms with Crippen LogP contribution in [0.15, 0.2) is 6.20 Å². The Bertz CT molecular complexity index is 399. The lowest BCUT2D eigenvalue weighted by Crippen LogP contribution is -2.42. The number of nitrogen functional groups attached to an aromatic ring is 1. The van der Waals surface area contributed by atoms with Gasteiger partial charge in [-0.05, 0) is 26.2 Å². The molecule has 1 saturated heterocycles. The fourth-order valence-electron chi connectivity index (χ4n) is 2.17. The van der Waals surface area contributed by atoms with Crippen molar-refractivity contribution in [1.29, 1.82) is 0 Å². The fraction of sp³-hybridized carbons (Fsp3) is 0.636. The number of carbonyl (C=O) groups excluding carboxylic acids is 1. The second-order valence-electron chi connectivity index (χ2n) is 4.41. The molecule has 1 fully saturated rings. The molecule has 0 aromatic carbocycles. The molecule has 0 aliphatic carbocycles. The highest BCUT2D eigenvalue weighted by molar-refractivity contribution is 5.98. The first-order valence-corrected chi connectivity index (χ1v) is 5.69. The quantitative estimate of drug-likeness (QED) is 0.771. The Balaban J connectivity index is 2.21. The van der Waals surface area contributed by atoms with Crippen LogP contribution in [-0.4, -0.2) is 33.2 Å². The molecule has 2 heterocycles. The smallest absolute Gasteiger partial charge is 0.259 e. The van der Waals surface area contributed by atoms with Crippen LogP contribution in [0.1, 0.15) is 36.5 Å². The number of aromatic nitrogens is 2. The maximum Gasteiger partial charge on any atom is 0.259 e. The van der Waals surface area contributed by atoms with Gasteiger partial charge in [0.1, 0.15) is 11.4 Å². The minimum absolute atomic E-state index is 0.0119. The number of anilines is 1. The van der Waals surface area contributed by atoms with Gasteiger partial charge >= 0.3 is 0 Å². The summed E-state index contributed by atoms with van der Waals surface area (Å²) in [4.78, 5) is 14.1. The third kappa shape index (κ3) is 1.77. The van der Waals surface area contributed by atoms with Gasteiger partial charge in [-0.1, -0.05) is 0 Å². The topological polar surface area (TPSA) is 64.2 Å². The third-order valence-electron chi connectivity index (χ3n) is 3.28. The van der Waals surface area contributed by atoms with E-state index in [9.17, 15) is 4.79 Å². The van der Waals surface area contributed by atoms with Crippen LogP contribution < -0.4 is 5.73 Å². The molecule has 1 aromatic heterocycles. The van der Waals surface area contributed by atoms with E-state index < -0.39 is 0 Å². The highest BCUT2D eigenvalue weighted by Gasteiger charge is 2.26. The van der Waals surface area contributed by atoms with Crippen LogP contribution in [0.4, 0.5) is 5.82 Å². The molecule has 5 heteroatoms. The van der Waals surface area contributed by atoms with Crippen molar-refractivity contribution in [2.45, 2.75) is 32.2 Å². The molecular weight excluding hydrogens is 204 g/mol. The van der Waals surface area contributed by atoms with E-state index in [2.05, 4.69) is 12.0 Å². The van der Waals surface area contributed by atoms with E-state index in [-0.39, 0.29) is 5.91 Å². The van der Waals surface area contributed by atoms with E-state index in [4.69, 9.17) is 5.73 Å². The Labute approximate surface area is 95.2 Å². The number of carbonyl (C=O) groups is 1. The van der Waals surface area contributed by atoms with Gasteiger partial charge in [0, 0.05) is 19.6 Å². The van der Waals surface area contributed by atoms with Crippen molar-refractivity contribution >= 4 is 11.7 Å². The predicted octanol–water partition coefficient (Wildman–Crippen LogP) is 1.02. The second-order valence-corrected chi connectivity index (χ2v) is 4.41. The van der Waals surface area contributed by atoms with Crippen molar-refractivity contribution < 1.29 is 4.79 Å². The first-order valence-electron chi connectivity index (χ1n) is 5.69. The highest BCUT2D eigenvalue weighted by atomic mass is 16.2. The molecule has 88 valence electrons. The number of hydrogen-bond donors (Lipinski definition) is 1. The van der Waals surface area contributed by atoms with Crippen molar-refractivity contribution in [1.82, 2.24) is 14.7 Å². The fourth-order valence-corrected chi connectivity index (χ4v) is 2.17. The number of amides is 1. The predicted molar refractivity (Wildman–Crippen MR) is 62.0 cm³/mol. The zero-order valence-corrected chi connectivity index (χ0v) is 9.81. The molecule has 16 heavy (non-hydrogen) atoms. The molecule has 2 rings (SSSR count). The molecule has 2 N–H and O–H groups in total. The molecule has 0 spiro atoms. The van der Waals surface area contributed by atoms with Crippen molar-refractivity contribution in [2.75, 3.05) is 12.3 Å². The molecule has 1 amide bonds. The number of aryl methyl sites for hydroxylation is 1. The standard InChI is InChI=1S/C11H18N4O/c1-8-5-3-4-6-15(8)11(16)9-7-13-14(2)10(9)12/h7-8H,3-6,12H2,1-2H3. The number of hydrogen-bond acceptors (Lipinski definition) is 3. The van der Waals surface area contributed by atoms with Gasteiger partial charge in [-0.25, -0.2) is 0 Å². The molecule has 1 atom stereocenters. The molecule has 0 bridgehead atoms. The second kappa shape index (κ2) is 4.15. The monoisotopic (exact) mass is 222 g/mol. The Morgan fingerprint density at radius 3 is 2.88 bits per heavy atom. The van der Waals surface area contributed by atoms with E-state index in [0.717, 1.165) is 19.4 Å². The lowest BCUT2D eigenvalue weighted by Gasteiger charge is -2.33. The molecule has 0 radical (unpaired) electrons. The molecule has 5 nitrogen and oxygen atoms in total. The van der Waals surface area contributed by atoms with Gasteiger partial charge in [0.2, 0.25) is 0 Å². The summed E-state index contributed by atoms with van der Waals surface area (Å²) in [5.41, 5.74) is 6.33. The summed E-state index contributed by atoms with van der Waals surface area (Å²) in [6, 6.07) is 0.306. The maximum atomic E-state index is 12.2. The number of nitrogens with zero attached hydrogens (tertiary/aromatic N) is 3. The summed E-state index contributed by atoms with van der Waals surface area (Å²) in [5.74, 6) is 0.459. The van der Waals surface area contributed by atoms with Crippen molar-refractivity contribution in [3.8, 4) is 0 Å². The Morgan fingerprint density at radius 1 is 1.56 bits per heavy atom. The molecule has 0 saturated carbocycles. The van der Waals surface area contributed by atoms with E-state index in [1.54, 1.807) is 13.2 Å². The van der Waals surface area contributed by atoms with Crippen LogP contribution >= 0.6 is 0 Å². The average Bonchev–Trinajstić information content (AvgIpc) is 2.60. The highest BCUT2D eigenvalue weighted by Crippen LogP contribution is 2.21. The van der Waals surface area contributed by atoms with Gasteiger partial charge in [-0.15, -0.1) is 0 Å². The summed E-state index contributed by atoms with van der Waals surface area (Å²) in [7, 11) is 1.74. The van der Waals surface area contributed by atoms with Crippen molar-refractivity contribution in [3.63, 3.8) is 0 Å². The summed E-state index contributed by atoms with van der Waals surface area (Å²) < 4.78 is 1.53. The minimum atomic E-state index is 0.0119. The first-order chi connectivity index (χ1) is 7.61. The summed E-state index contributed by atoms with van der Waals surface area (Å²) in [6.07, 6.45) is 4.91. The average molecular weight is 222 g/mol. The van der Waals surface area contributed by atoms with E-state index in [1.165, 1.54) is 11.1 Å². The lowest BCUT2D eigenvalue weighted by atomic mass is 10.0. The number of likely N-dealkylation sites (tertiary alicyclic amines) is 1. The Morgan fingerprint density at radius 2 is 2.31 bits per heavy atom. The van der Waals surface area contributed by atoms with Gasteiger partial charge < -0.3 is 10.6 Å². The van der Waals surface area contributed by atoms with E-state index in [0.29, 0.717) is 17.4 Å². The van der Waals surface area contributed by atoms with Crippen LogP contribution in [0.3, 0.4) is 0 Å². The molecule has 1 aromatic rings. The van der Waals surface area contributed by atoms with Crippen molar-refractivity contribution in [2.24, 2.45) is 7.05 Å². The van der Waals surface area contributed by atoms with E-state index >= 15 is 0 Å². The summed E-state index contributed by atoms with van der Waals surface area (Å²) >= 11 is 0. The Kier molecular flexibility index (Phi) is 2.85. The minimum Gasteiger partial charge on any atom is -0.383 e. The zero-order chi connectivity index (χ0) is 11.7. The van der Waals surface area contributed by atoms with Gasteiger partial charge in [-0.2, -0.15) is 5.10 Å². The first kappa shape index (κ1) is 11.0.